The maximum atomic E-state index is 13.5. The summed E-state index contributed by atoms with van der Waals surface area (Å²) in [6.45, 7) is 1.22. The van der Waals surface area contributed by atoms with E-state index in [-0.39, 0.29) is 21.4 Å². The maximum Gasteiger partial charge on any atom is 0.264 e. The molecule has 3 aromatic carbocycles. The summed E-state index contributed by atoms with van der Waals surface area (Å²) < 4.78 is 55.4. The van der Waals surface area contributed by atoms with Crippen LogP contribution in [-0.2, 0) is 24.8 Å². The molecule has 0 aliphatic rings. The van der Waals surface area contributed by atoms with Crippen LogP contribution in [0.25, 0.3) is 0 Å². The lowest BCUT2D eigenvalue weighted by Crippen LogP contribution is -2.38. The zero-order valence-electron chi connectivity index (χ0n) is 19.9. The van der Waals surface area contributed by atoms with Gasteiger partial charge in [0.1, 0.15) is 6.54 Å². The molecule has 196 valence electrons. The highest BCUT2D eigenvalue weighted by atomic mass is 35.5. The Morgan fingerprint density at radius 2 is 1.45 bits per heavy atom. The molecule has 0 spiro atoms. The Labute approximate surface area is 225 Å². The van der Waals surface area contributed by atoms with Gasteiger partial charge in [0.05, 0.1) is 15.5 Å². The predicted molar refractivity (Wildman–Crippen MR) is 145 cm³/mol. The second kappa shape index (κ2) is 11.2. The van der Waals surface area contributed by atoms with E-state index in [9.17, 15) is 21.6 Å². The first-order chi connectivity index (χ1) is 18.1. The van der Waals surface area contributed by atoms with Crippen LogP contribution in [-0.4, -0.2) is 39.3 Å². The van der Waals surface area contributed by atoms with Crippen LogP contribution in [0.1, 0.15) is 5.56 Å². The van der Waals surface area contributed by atoms with Crippen LogP contribution in [0.5, 0.6) is 0 Å². The van der Waals surface area contributed by atoms with Gasteiger partial charge in [-0.1, -0.05) is 29.8 Å². The molecule has 4 aromatic rings. The number of carbonyl (C=O) groups excluding carboxylic acids is 1. The molecule has 0 radical (unpaired) electrons. The van der Waals surface area contributed by atoms with Crippen molar-refractivity contribution in [1.29, 1.82) is 0 Å². The van der Waals surface area contributed by atoms with Crippen molar-refractivity contribution in [3.05, 3.63) is 102 Å². The van der Waals surface area contributed by atoms with Crippen LogP contribution in [0.15, 0.2) is 101 Å². The predicted octanol–water partition coefficient (Wildman–Crippen LogP) is 4.07. The first-order valence-electron chi connectivity index (χ1n) is 11.1. The number of para-hydroxylation sites is 1. The SMILES string of the molecule is Cc1ccccc1N(CC(=O)Nc1ccc(S(=O)(=O)Nc2ncccn2)cc1)S(=O)(=O)c1ccc(Cl)cc1. The number of aryl methyl sites for hydroxylation is 1. The third kappa shape index (κ3) is 6.28. The van der Waals surface area contributed by atoms with Crippen LogP contribution in [0.2, 0.25) is 5.02 Å². The molecule has 0 aliphatic heterocycles. The second-order valence-electron chi connectivity index (χ2n) is 8.00. The summed E-state index contributed by atoms with van der Waals surface area (Å²) in [5.41, 5.74) is 1.27. The van der Waals surface area contributed by atoms with Gasteiger partial charge in [-0.15, -0.1) is 0 Å². The Bertz CT molecular complexity index is 1650. The molecule has 4 rings (SSSR count). The third-order valence-corrected chi connectivity index (χ3v) is 8.68. The molecule has 0 saturated heterocycles. The average molecular weight is 572 g/mol. The fourth-order valence-corrected chi connectivity index (χ4v) is 6.03. The zero-order chi connectivity index (χ0) is 27.3. The van der Waals surface area contributed by atoms with Crippen molar-refractivity contribution in [3.63, 3.8) is 0 Å². The Balaban J connectivity index is 1.54. The summed E-state index contributed by atoms with van der Waals surface area (Å²) in [5.74, 6) is -0.708. The first kappa shape index (κ1) is 27.0. The lowest BCUT2D eigenvalue weighted by atomic mass is 10.2. The van der Waals surface area contributed by atoms with Crippen molar-refractivity contribution in [2.45, 2.75) is 16.7 Å². The lowest BCUT2D eigenvalue weighted by molar-refractivity contribution is -0.114. The molecule has 0 fully saturated rings. The Morgan fingerprint density at radius 3 is 2.08 bits per heavy atom. The van der Waals surface area contributed by atoms with Gasteiger partial charge in [-0.3, -0.25) is 9.10 Å². The number of aromatic nitrogens is 2. The summed E-state index contributed by atoms with van der Waals surface area (Å²) in [6.07, 6.45) is 2.80. The van der Waals surface area contributed by atoms with Gasteiger partial charge < -0.3 is 5.32 Å². The number of rotatable bonds is 9. The molecule has 0 atom stereocenters. The highest BCUT2D eigenvalue weighted by molar-refractivity contribution is 7.93. The summed E-state index contributed by atoms with van der Waals surface area (Å²) in [7, 11) is -8.08. The number of hydrogen-bond acceptors (Lipinski definition) is 7. The lowest BCUT2D eigenvalue weighted by Gasteiger charge is -2.25. The number of halogens is 1. The monoisotopic (exact) mass is 571 g/mol. The molecule has 0 saturated carbocycles. The summed E-state index contributed by atoms with van der Waals surface area (Å²) in [5, 5.41) is 2.99. The fraction of sp³-hybridized carbons (Fsp3) is 0.0800. The number of anilines is 3. The van der Waals surface area contributed by atoms with Gasteiger partial charge in [0.2, 0.25) is 11.9 Å². The number of sulfonamides is 2. The van der Waals surface area contributed by atoms with E-state index < -0.39 is 32.5 Å². The number of carbonyl (C=O) groups is 1. The average Bonchev–Trinajstić information content (AvgIpc) is 2.89. The van der Waals surface area contributed by atoms with E-state index in [0.717, 1.165) is 4.31 Å². The number of amides is 1. The van der Waals surface area contributed by atoms with E-state index >= 15 is 0 Å². The molecule has 0 aliphatic carbocycles. The van der Waals surface area contributed by atoms with Crippen molar-refractivity contribution < 1.29 is 21.6 Å². The van der Waals surface area contributed by atoms with Crippen molar-refractivity contribution in [1.82, 2.24) is 9.97 Å². The van der Waals surface area contributed by atoms with Crippen molar-refractivity contribution in [2.75, 3.05) is 20.9 Å². The normalized spacial score (nSPS) is 11.5. The molecular formula is C25H22ClN5O5S2. The molecule has 0 bridgehead atoms. The number of hydrogen-bond donors (Lipinski definition) is 2. The van der Waals surface area contributed by atoms with Gasteiger partial charge in [-0.05, 0) is 73.2 Å². The Hall–Kier alpha value is -4.00. The van der Waals surface area contributed by atoms with Gasteiger partial charge >= 0.3 is 0 Å². The maximum absolute atomic E-state index is 13.5. The summed E-state index contributed by atoms with van der Waals surface area (Å²) in [6, 6.07) is 19.4. The van der Waals surface area contributed by atoms with Gasteiger partial charge in [0.15, 0.2) is 0 Å². The van der Waals surface area contributed by atoms with E-state index in [2.05, 4.69) is 20.0 Å². The van der Waals surface area contributed by atoms with Crippen LogP contribution in [0, 0.1) is 6.92 Å². The number of nitrogens with zero attached hydrogens (tertiary/aromatic N) is 3. The Kier molecular flexibility index (Phi) is 7.95. The van der Waals surface area contributed by atoms with E-state index in [1.54, 1.807) is 37.3 Å². The minimum absolute atomic E-state index is 0.0255. The zero-order valence-corrected chi connectivity index (χ0v) is 22.3. The number of nitrogens with one attached hydrogen (secondary N) is 2. The van der Waals surface area contributed by atoms with E-state index in [4.69, 9.17) is 11.6 Å². The topological polar surface area (TPSA) is 138 Å². The molecule has 0 unspecified atom stereocenters. The molecule has 1 heterocycles. The second-order valence-corrected chi connectivity index (χ2v) is 12.0. The molecule has 1 amide bonds. The van der Waals surface area contributed by atoms with Gasteiger partial charge in [0.25, 0.3) is 20.0 Å². The molecule has 1 aromatic heterocycles. The molecule has 10 nitrogen and oxygen atoms in total. The van der Waals surface area contributed by atoms with Gasteiger partial charge in [-0.25, -0.2) is 31.5 Å². The van der Waals surface area contributed by atoms with E-state index in [1.807, 2.05) is 0 Å². The number of benzene rings is 3. The molecule has 2 N–H and O–H groups in total. The van der Waals surface area contributed by atoms with Gasteiger partial charge in [0, 0.05) is 23.1 Å². The third-order valence-electron chi connectivity index (χ3n) is 5.31. The summed E-state index contributed by atoms with van der Waals surface area (Å²) in [4.78, 5) is 20.5. The van der Waals surface area contributed by atoms with Crippen LogP contribution in [0.4, 0.5) is 17.3 Å². The smallest absolute Gasteiger partial charge is 0.264 e. The molecule has 38 heavy (non-hydrogen) atoms. The fourth-order valence-electron chi connectivity index (χ4n) is 3.46. The Morgan fingerprint density at radius 1 is 0.842 bits per heavy atom. The van der Waals surface area contributed by atoms with Crippen molar-refractivity contribution in [2.24, 2.45) is 0 Å². The van der Waals surface area contributed by atoms with Crippen LogP contribution < -0.4 is 14.3 Å². The highest BCUT2D eigenvalue weighted by Crippen LogP contribution is 2.27. The first-order valence-corrected chi connectivity index (χ1v) is 14.4. The molecular weight excluding hydrogens is 550 g/mol. The van der Waals surface area contributed by atoms with Crippen LogP contribution >= 0.6 is 11.6 Å². The highest BCUT2D eigenvalue weighted by Gasteiger charge is 2.28. The van der Waals surface area contributed by atoms with Gasteiger partial charge in [-0.2, -0.15) is 0 Å². The standard InChI is InChI=1S/C25H22ClN5O5S2/c1-18-5-2-3-6-23(18)31(38(35,36)22-11-7-19(26)8-12-22)17-24(32)29-20-9-13-21(14-10-20)37(33,34)30-25-27-15-4-16-28-25/h2-16H,17H2,1H3,(H,29,32)(H,27,28,30). The molecule has 13 heteroatoms. The minimum atomic E-state index is -4.12. The minimum Gasteiger partial charge on any atom is -0.325 e. The van der Waals surface area contributed by atoms with Crippen molar-refractivity contribution in [3.8, 4) is 0 Å². The van der Waals surface area contributed by atoms with E-state index in [0.29, 0.717) is 16.3 Å². The largest absolute Gasteiger partial charge is 0.325 e. The van der Waals surface area contributed by atoms with E-state index in [1.165, 1.54) is 60.9 Å². The van der Waals surface area contributed by atoms with Crippen molar-refractivity contribution >= 4 is 54.9 Å². The van der Waals surface area contributed by atoms with Crippen LogP contribution in [0.3, 0.4) is 0 Å². The quantitative estimate of drug-likeness (QED) is 0.309. The summed E-state index contributed by atoms with van der Waals surface area (Å²) >= 11 is 5.92.